The first-order valence-corrected chi connectivity index (χ1v) is 2.72. The molecule has 0 aromatic heterocycles. The Hall–Kier alpha value is 0.178. The van der Waals surface area contributed by atoms with Crippen molar-refractivity contribution in [3.8, 4) is 6.07 Å². The van der Waals surface area contributed by atoms with Crippen LogP contribution in [0.25, 0.3) is 0 Å². The molecule has 52 valence electrons. The van der Waals surface area contributed by atoms with E-state index in [1.54, 1.807) is 0 Å². The molecule has 2 heteroatoms. The molecule has 0 radical (unpaired) electrons. The Morgan fingerprint density at radius 1 is 1.33 bits per heavy atom. The zero-order valence-corrected chi connectivity index (χ0v) is 9.29. The van der Waals surface area contributed by atoms with Crippen LogP contribution in [0, 0.1) is 22.7 Å². The summed E-state index contributed by atoms with van der Waals surface area (Å²) >= 11 is 0. The summed E-state index contributed by atoms with van der Waals surface area (Å²) in [5, 5.41) is 8.49. The second-order valence-electron chi connectivity index (χ2n) is 2.74. The van der Waals surface area contributed by atoms with Gasteiger partial charge in [-0.2, -0.15) is 13.8 Å². The van der Waals surface area contributed by atoms with Crippen LogP contribution in [0.15, 0.2) is 0 Å². The summed E-state index contributed by atoms with van der Waals surface area (Å²) in [7, 11) is 0. The van der Waals surface area contributed by atoms with Crippen LogP contribution < -0.4 is 0 Å². The van der Waals surface area contributed by atoms with Crippen LogP contribution in [-0.2, 0) is 21.1 Å². The van der Waals surface area contributed by atoms with E-state index in [1.807, 2.05) is 27.7 Å². The van der Waals surface area contributed by atoms with E-state index in [0.717, 1.165) is 0 Å². The van der Waals surface area contributed by atoms with Gasteiger partial charge in [0.05, 0.1) is 0 Å². The molecule has 0 unspecified atom stereocenters. The van der Waals surface area contributed by atoms with Gasteiger partial charge in [0.25, 0.3) is 0 Å². The molecule has 0 amide bonds. The van der Waals surface area contributed by atoms with Crippen molar-refractivity contribution < 1.29 is 21.1 Å². The van der Waals surface area contributed by atoms with Gasteiger partial charge in [-0.15, -0.1) is 0 Å². The summed E-state index contributed by atoms with van der Waals surface area (Å²) in [4.78, 5) is 0. The van der Waals surface area contributed by atoms with Gasteiger partial charge in [0.2, 0.25) is 0 Å². The van der Waals surface area contributed by atoms with Gasteiger partial charge in [0.1, 0.15) is 0 Å². The minimum absolute atomic E-state index is 0. The Balaban J connectivity index is 0. The number of hydrogen-bond acceptors (Lipinski definition) is 1. The molecule has 0 bridgehead atoms. The third-order valence-electron chi connectivity index (χ3n) is 1.53. The molecule has 0 fully saturated rings. The summed E-state index contributed by atoms with van der Waals surface area (Å²) < 4.78 is 0. The zero-order valence-electron chi connectivity index (χ0n) is 6.36. The van der Waals surface area contributed by atoms with E-state index in [1.165, 1.54) is 5.92 Å². The monoisotopic (exact) mass is 294 g/mol. The van der Waals surface area contributed by atoms with Crippen molar-refractivity contribution >= 4 is 0 Å². The van der Waals surface area contributed by atoms with Crippen molar-refractivity contribution in [2.24, 2.45) is 5.41 Å². The second-order valence-corrected chi connectivity index (χ2v) is 2.74. The van der Waals surface area contributed by atoms with Gasteiger partial charge >= 0.3 is 0 Å². The van der Waals surface area contributed by atoms with Crippen molar-refractivity contribution in [2.45, 2.75) is 27.7 Å². The summed E-state index contributed by atoms with van der Waals surface area (Å²) in [5.74, 6) is 1.17. The van der Waals surface area contributed by atoms with Crippen LogP contribution in [0.4, 0.5) is 0 Å². The minimum Gasteiger partial charge on any atom is -0.300 e. The van der Waals surface area contributed by atoms with Gasteiger partial charge in [-0.1, -0.05) is 19.3 Å². The van der Waals surface area contributed by atoms with E-state index in [0.29, 0.717) is 0 Å². The number of hydrogen-bond donors (Lipinski definition) is 0. The molecule has 0 spiro atoms. The van der Waals surface area contributed by atoms with E-state index in [-0.39, 0.29) is 26.5 Å². The molecule has 0 aromatic carbocycles. The molecule has 0 heterocycles. The van der Waals surface area contributed by atoms with Crippen LogP contribution in [0.2, 0.25) is 0 Å². The van der Waals surface area contributed by atoms with E-state index in [2.05, 4.69) is 6.07 Å². The summed E-state index contributed by atoms with van der Waals surface area (Å²) in [5.41, 5.74) is -0.236. The Bertz CT molecular complexity index is 111. The van der Waals surface area contributed by atoms with E-state index in [9.17, 15) is 0 Å². The number of rotatable bonds is 1. The van der Waals surface area contributed by atoms with Gasteiger partial charge in [-0.05, 0) is 0 Å². The van der Waals surface area contributed by atoms with Crippen LogP contribution in [-0.4, -0.2) is 0 Å². The number of nitrogens with zero attached hydrogens (tertiary/aromatic N) is 1. The van der Waals surface area contributed by atoms with Gasteiger partial charge < -0.3 is 5.92 Å². The van der Waals surface area contributed by atoms with Gasteiger partial charge in [-0.3, -0.25) is 0 Å². The zero-order chi connectivity index (χ0) is 6.78. The third-order valence-corrected chi connectivity index (χ3v) is 1.53. The van der Waals surface area contributed by atoms with Gasteiger partial charge in [0, 0.05) is 27.1 Å². The topological polar surface area (TPSA) is 23.8 Å². The molecular formula is C7H12NW-. The molecule has 0 aliphatic heterocycles. The summed E-state index contributed by atoms with van der Waals surface area (Å²) in [6, 6.07) is 2.20. The normalized spacial score (nSPS) is 10.2. The third kappa shape index (κ3) is 3.71. The molecule has 0 aliphatic rings. The SMILES string of the molecule is C[C-](C)C(C)(C)C#N.[W]. The van der Waals surface area contributed by atoms with Crippen molar-refractivity contribution in [2.75, 3.05) is 0 Å². The standard InChI is InChI=1S/C7H12N.W/c1-6(2)7(3,4)5-8;/h1-4H3;/q-1;. The van der Waals surface area contributed by atoms with Gasteiger partial charge in [0.15, 0.2) is 0 Å². The van der Waals surface area contributed by atoms with Crippen molar-refractivity contribution in [1.29, 1.82) is 5.26 Å². The van der Waals surface area contributed by atoms with Crippen molar-refractivity contribution in [1.82, 2.24) is 0 Å². The fourth-order valence-corrected chi connectivity index (χ4v) is 0.112. The maximum atomic E-state index is 8.49. The first kappa shape index (κ1) is 11.9. The maximum Gasteiger partial charge on any atom is 0.0356 e. The molecule has 0 atom stereocenters. The van der Waals surface area contributed by atoms with E-state index < -0.39 is 0 Å². The van der Waals surface area contributed by atoms with Crippen molar-refractivity contribution in [3.05, 3.63) is 5.92 Å². The average molecular weight is 294 g/mol. The van der Waals surface area contributed by atoms with Crippen LogP contribution in [0.1, 0.15) is 27.7 Å². The Morgan fingerprint density at radius 2 is 1.67 bits per heavy atom. The number of nitriles is 1. The molecule has 0 saturated heterocycles. The summed E-state index contributed by atoms with van der Waals surface area (Å²) in [6.07, 6.45) is 0. The van der Waals surface area contributed by atoms with Crippen LogP contribution in [0.3, 0.4) is 0 Å². The van der Waals surface area contributed by atoms with E-state index >= 15 is 0 Å². The molecule has 1 nitrogen and oxygen atoms in total. The molecule has 0 N–H and O–H groups in total. The molecule has 9 heavy (non-hydrogen) atoms. The minimum atomic E-state index is -0.236. The first-order valence-electron chi connectivity index (χ1n) is 2.72. The Labute approximate surface area is 71.7 Å². The fourth-order valence-electron chi connectivity index (χ4n) is 0.112. The van der Waals surface area contributed by atoms with Crippen molar-refractivity contribution in [3.63, 3.8) is 0 Å². The first-order chi connectivity index (χ1) is 3.50. The maximum absolute atomic E-state index is 8.49. The fraction of sp³-hybridized carbons (Fsp3) is 0.714. The molecule has 0 aromatic rings. The second kappa shape index (κ2) is 4.07. The van der Waals surface area contributed by atoms with Crippen LogP contribution >= 0.6 is 0 Å². The van der Waals surface area contributed by atoms with E-state index in [4.69, 9.17) is 5.26 Å². The molecule has 0 saturated carbocycles. The summed E-state index contributed by atoms with van der Waals surface area (Å²) in [6.45, 7) is 7.79. The smallest absolute Gasteiger partial charge is 0.0356 e. The average Bonchev–Trinajstić information content (AvgIpc) is 1.67. The molecular weight excluding hydrogens is 282 g/mol. The Morgan fingerprint density at radius 3 is 1.67 bits per heavy atom. The molecule has 0 aliphatic carbocycles. The Kier molecular flexibility index (Phi) is 5.38. The largest absolute Gasteiger partial charge is 0.300 e. The van der Waals surface area contributed by atoms with Crippen LogP contribution in [0.5, 0.6) is 0 Å². The molecule has 0 rings (SSSR count). The quantitative estimate of drug-likeness (QED) is 0.680. The predicted molar refractivity (Wildman–Crippen MR) is 34.0 cm³/mol. The van der Waals surface area contributed by atoms with Gasteiger partial charge in [-0.25, -0.2) is 5.26 Å². The predicted octanol–water partition coefficient (Wildman–Crippen LogP) is 2.15.